The van der Waals surface area contributed by atoms with Gasteiger partial charge in [-0.3, -0.25) is 9.39 Å². The fourth-order valence-electron chi connectivity index (χ4n) is 5.47. The van der Waals surface area contributed by atoms with Gasteiger partial charge in [-0.1, -0.05) is 68.8 Å². The van der Waals surface area contributed by atoms with Gasteiger partial charge in [0.1, 0.15) is 22.9 Å². The fourth-order valence-corrected chi connectivity index (χ4v) is 5.47. The average molecular weight is 436 g/mol. The number of nitrogens with zero attached hydrogens (tertiary/aromatic N) is 4. The van der Waals surface area contributed by atoms with Crippen LogP contribution in [0.2, 0.25) is 0 Å². The quantitative estimate of drug-likeness (QED) is 0.506. The van der Waals surface area contributed by atoms with E-state index in [0.29, 0.717) is 17.7 Å². The van der Waals surface area contributed by atoms with E-state index < -0.39 is 0 Å². The maximum absolute atomic E-state index is 6.37. The van der Waals surface area contributed by atoms with Crippen LogP contribution in [-0.2, 0) is 0 Å². The van der Waals surface area contributed by atoms with Gasteiger partial charge >= 0.3 is 0 Å². The molecule has 5 nitrogen and oxygen atoms in total. The molecule has 0 bridgehead atoms. The van der Waals surface area contributed by atoms with Crippen molar-refractivity contribution in [3.05, 3.63) is 82.9 Å². The first-order chi connectivity index (χ1) is 16.1. The normalized spacial score (nSPS) is 23.9. The zero-order chi connectivity index (χ0) is 22.5. The molecule has 0 radical (unpaired) electrons. The number of fused-ring (bicyclic) bond motifs is 2. The summed E-state index contributed by atoms with van der Waals surface area (Å²) in [7, 11) is 0. The van der Waals surface area contributed by atoms with Gasteiger partial charge in [-0.2, -0.15) is 0 Å². The first kappa shape index (κ1) is 20.2. The van der Waals surface area contributed by atoms with Gasteiger partial charge < -0.3 is 5.73 Å². The third-order valence-electron chi connectivity index (χ3n) is 7.45. The topological polar surface area (TPSA) is 68.6 Å². The number of benzene rings is 2. The predicted molar refractivity (Wildman–Crippen MR) is 132 cm³/mol. The lowest BCUT2D eigenvalue weighted by Crippen LogP contribution is -2.32. The van der Waals surface area contributed by atoms with Gasteiger partial charge in [-0.15, -0.1) is 0 Å². The van der Waals surface area contributed by atoms with E-state index in [0.717, 1.165) is 33.9 Å². The second kappa shape index (κ2) is 7.84. The van der Waals surface area contributed by atoms with Crippen molar-refractivity contribution in [2.24, 2.45) is 16.8 Å². The van der Waals surface area contributed by atoms with Crippen molar-refractivity contribution in [1.82, 2.24) is 14.4 Å². The summed E-state index contributed by atoms with van der Waals surface area (Å²) in [4.78, 5) is 14.7. The molecule has 5 heteroatoms. The molecule has 1 aliphatic carbocycles. The van der Waals surface area contributed by atoms with Crippen molar-refractivity contribution in [3.8, 4) is 11.3 Å². The fraction of sp³-hybridized carbons (Fsp3) is 0.321. The van der Waals surface area contributed by atoms with Crippen LogP contribution in [0.3, 0.4) is 0 Å². The number of nitrogen functional groups attached to an aromatic ring is 1. The van der Waals surface area contributed by atoms with E-state index in [2.05, 4.69) is 77.8 Å². The summed E-state index contributed by atoms with van der Waals surface area (Å²) in [6.45, 7) is 4.51. The van der Waals surface area contributed by atoms with E-state index in [-0.39, 0.29) is 6.04 Å². The molecule has 2 unspecified atom stereocenters. The van der Waals surface area contributed by atoms with Gasteiger partial charge in [0.15, 0.2) is 0 Å². The predicted octanol–water partition coefficient (Wildman–Crippen LogP) is 4.67. The average Bonchev–Trinajstić information content (AvgIpc) is 3.19. The van der Waals surface area contributed by atoms with Gasteiger partial charge in [0.25, 0.3) is 0 Å². The molecule has 3 heterocycles. The highest BCUT2D eigenvalue weighted by Gasteiger charge is 2.33. The van der Waals surface area contributed by atoms with Crippen LogP contribution in [0.25, 0.3) is 22.9 Å². The summed E-state index contributed by atoms with van der Waals surface area (Å²) in [6, 6.07) is 17.2. The third-order valence-corrected chi connectivity index (χ3v) is 7.45. The van der Waals surface area contributed by atoms with Crippen molar-refractivity contribution >= 4 is 17.4 Å². The van der Waals surface area contributed by atoms with Crippen LogP contribution in [-0.4, -0.2) is 14.4 Å². The van der Waals surface area contributed by atoms with Crippen molar-refractivity contribution in [3.63, 3.8) is 0 Å². The molecular weight excluding hydrogens is 406 g/mol. The highest BCUT2D eigenvalue weighted by Crippen LogP contribution is 2.44. The summed E-state index contributed by atoms with van der Waals surface area (Å²) in [5.74, 6) is 3.26. The standard InChI is InChI=1S/C28H29N5/c1-3-18-14-22(15-18)28-32-25(26-27(29)30-11-12-33(26)28)21-10-9-20-13-17(2)24(31-23(20)16-21)19-7-5-4-6-8-19/h4-13,16-18,22,24H,3,14-15H2,1-2H3,(H2,29,30). The largest absolute Gasteiger partial charge is 0.382 e. The number of imidazole rings is 1. The Morgan fingerprint density at radius 2 is 1.91 bits per heavy atom. The molecule has 1 fully saturated rings. The van der Waals surface area contributed by atoms with Gasteiger partial charge in [-0.05, 0) is 35.6 Å². The van der Waals surface area contributed by atoms with E-state index in [4.69, 9.17) is 15.7 Å². The Morgan fingerprint density at radius 3 is 2.70 bits per heavy atom. The van der Waals surface area contributed by atoms with Crippen LogP contribution in [0.1, 0.15) is 56.5 Å². The summed E-state index contributed by atoms with van der Waals surface area (Å²) in [6.07, 6.45) is 9.73. The number of nitrogens with two attached hydrogens (primary N) is 1. The summed E-state index contributed by atoms with van der Waals surface area (Å²) >= 11 is 0. The lowest BCUT2D eigenvalue weighted by molar-refractivity contribution is 0.247. The molecule has 0 saturated heterocycles. The van der Waals surface area contributed by atoms with Crippen molar-refractivity contribution in [2.75, 3.05) is 5.73 Å². The highest BCUT2D eigenvalue weighted by atomic mass is 15.1. The van der Waals surface area contributed by atoms with Crippen molar-refractivity contribution < 1.29 is 0 Å². The maximum atomic E-state index is 6.37. The van der Waals surface area contributed by atoms with Crippen LogP contribution < -0.4 is 16.3 Å². The number of anilines is 1. The number of rotatable bonds is 4. The number of hydrogen-bond donors (Lipinski definition) is 1. The van der Waals surface area contributed by atoms with Gasteiger partial charge in [0, 0.05) is 29.8 Å². The lowest BCUT2D eigenvalue weighted by Gasteiger charge is -2.33. The minimum atomic E-state index is 0.121. The first-order valence-corrected chi connectivity index (χ1v) is 12.0. The number of hydrogen-bond acceptors (Lipinski definition) is 4. The van der Waals surface area contributed by atoms with Crippen LogP contribution in [0.4, 0.5) is 5.82 Å². The molecule has 2 aromatic heterocycles. The third kappa shape index (κ3) is 3.34. The van der Waals surface area contributed by atoms with Crippen LogP contribution in [0.5, 0.6) is 0 Å². The Kier molecular flexibility index (Phi) is 4.79. The highest BCUT2D eigenvalue weighted by molar-refractivity contribution is 5.85. The van der Waals surface area contributed by atoms with E-state index in [1.54, 1.807) is 6.20 Å². The van der Waals surface area contributed by atoms with E-state index in [9.17, 15) is 0 Å². The second-order valence-electron chi connectivity index (χ2n) is 9.58. The molecule has 33 heavy (non-hydrogen) atoms. The monoisotopic (exact) mass is 435 g/mol. The molecule has 2 aliphatic rings. The van der Waals surface area contributed by atoms with E-state index in [1.807, 2.05) is 6.20 Å². The summed E-state index contributed by atoms with van der Waals surface area (Å²) in [5.41, 5.74) is 10.5. The van der Waals surface area contributed by atoms with Gasteiger partial charge in [0.05, 0.1) is 11.4 Å². The molecule has 1 saturated carbocycles. The van der Waals surface area contributed by atoms with Crippen LogP contribution in [0, 0.1) is 11.8 Å². The minimum absolute atomic E-state index is 0.121. The zero-order valence-corrected chi connectivity index (χ0v) is 19.1. The number of aromatic nitrogens is 3. The molecular formula is C28H29N5. The van der Waals surface area contributed by atoms with Crippen molar-refractivity contribution in [2.45, 2.75) is 45.1 Å². The van der Waals surface area contributed by atoms with Gasteiger partial charge in [-0.25, -0.2) is 9.97 Å². The Morgan fingerprint density at radius 1 is 1.09 bits per heavy atom. The molecule has 1 aliphatic heterocycles. The SMILES string of the molecule is CCC1CC(c2nc(-c3ccc4c(c3)=NC(c3ccccc3)C(C)C=4)c3c(N)nccn23)C1. The van der Waals surface area contributed by atoms with E-state index in [1.165, 1.54) is 30.0 Å². The molecule has 6 rings (SSSR count). The summed E-state index contributed by atoms with van der Waals surface area (Å²) < 4.78 is 2.16. The molecule has 4 aromatic rings. The Balaban J connectivity index is 1.48. The molecule has 2 N–H and O–H groups in total. The Labute approximate surface area is 193 Å². The lowest BCUT2D eigenvalue weighted by atomic mass is 9.73. The smallest absolute Gasteiger partial charge is 0.150 e. The first-order valence-electron chi connectivity index (χ1n) is 12.0. The maximum Gasteiger partial charge on any atom is 0.150 e. The zero-order valence-electron chi connectivity index (χ0n) is 19.1. The van der Waals surface area contributed by atoms with Gasteiger partial charge in [0.2, 0.25) is 0 Å². The Hall–Kier alpha value is -3.47. The molecule has 2 atom stereocenters. The van der Waals surface area contributed by atoms with E-state index >= 15 is 0 Å². The van der Waals surface area contributed by atoms with Crippen LogP contribution >= 0.6 is 0 Å². The molecule has 0 amide bonds. The molecule has 0 spiro atoms. The molecule has 2 aromatic carbocycles. The van der Waals surface area contributed by atoms with Crippen LogP contribution in [0.15, 0.2) is 65.9 Å². The Bertz CT molecular complexity index is 1450. The summed E-state index contributed by atoms with van der Waals surface area (Å²) in [5, 5.41) is 2.19. The molecule has 166 valence electrons. The minimum Gasteiger partial charge on any atom is -0.382 e. The van der Waals surface area contributed by atoms with Crippen molar-refractivity contribution in [1.29, 1.82) is 0 Å². The second-order valence-corrected chi connectivity index (χ2v) is 9.58.